The van der Waals surface area contributed by atoms with E-state index in [-0.39, 0.29) is 17.9 Å². The number of methoxy groups -OCH3 is 1. The van der Waals surface area contributed by atoms with E-state index in [2.05, 4.69) is 48.6 Å². The minimum Gasteiger partial charge on any atom is -0.507 e. The van der Waals surface area contributed by atoms with Gasteiger partial charge in [-0.15, -0.1) is 8.58 Å². The topological polar surface area (TPSA) is 84.9 Å². The van der Waals surface area contributed by atoms with Crippen molar-refractivity contribution < 1.29 is 24.2 Å². The second kappa shape index (κ2) is 17.1. The molecule has 0 saturated heterocycles. The van der Waals surface area contributed by atoms with Crippen LogP contribution < -0.4 is 10.1 Å². The van der Waals surface area contributed by atoms with Gasteiger partial charge in [0.05, 0.1) is 21.1 Å². The summed E-state index contributed by atoms with van der Waals surface area (Å²) in [5.41, 5.74) is 1.22. The third-order valence-corrected chi connectivity index (χ3v) is 5.45. The van der Waals surface area contributed by atoms with Crippen LogP contribution in [-0.2, 0) is 15.7 Å². The van der Waals surface area contributed by atoms with E-state index < -0.39 is 5.91 Å². The average Bonchev–Trinajstić information content (AvgIpc) is 2.77. The molecule has 2 aromatic rings. The number of halogens is 2. The fourth-order valence-electron chi connectivity index (χ4n) is 2.12. The van der Waals surface area contributed by atoms with Crippen LogP contribution in [0.15, 0.2) is 39.3 Å². The summed E-state index contributed by atoms with van der Waals surface area (Å²) in [6, 6.07) is 8.35. The lowest BCUT2D eigenvalue weighted by Crippen LogP contribution is -2.25. The van der Waals surface area contributed by atoms with Gasteiger partial charge >= 0.3 is 0 Å². The molecule has 2 aromatic carbocycles. The van der Waals surface area contributed by atoms with Crippen molar-refractivity contribution in [3.8, 4) is 17.2 Å². The average molecular weight is 579 g/mol. The van der Waals surface area contributed by atoms with E-state index in [1.807, 2.05) is 32.9 Å². The number of nitrogens with one attached hydrogen (secondary N) is 1. The predicted molar refractivity (Wildman–Crippen MR) is 135 cm³/mol. The maximum Gasteiger partial charge on any atom is 0.255 e. The Kier molecular flexibility index (Phi) is 16.3. The zero-order valence-electron chi connectivity index (χ0n) is 18.4. The maximum absolute atomic E-state index is 12.0. The van der Waals surface area contributed by atoms with Crippen LogP contribution in [-0.4, -0.2) is 44.2 Å². The predicted octanol–water partition coefficient (Wildman–Crippen LogP) is 6.13. The molecule has 0 fully saturated rings. The monoisotopic (exact) mass is 577 g/mol. The molecule has 9 heteroatoms. The van der Waals surface area contributed by atoms with E-state index in [0.29, 0.717) is 17.8 Å². The van der Waals surface area contributed by atoms with E-state index in [4.69, 9.17) is 4.74 Å². The summed E-state index contributed by atoms with van der Waals surface area (Å²) in [6.07, 6.45) is 1.56. The standard InChI is InChI=1S/C17H16Br2NO4P.C3H8O.C2H6/c1-25-9-10-6-13(18)16(14(19)7-10)24-11-2-3-15(22)12(8-11)17(23)20-4-5-21;1-3-4-2;1-2/h2-3,5-8,22,25H,4,9H2,1H3,(H,20,23);3H2,1-2H3;1-2H3. The Bertz CT molecular complexity index is 809. The Morgan fingerprint density at radius 1 is 1.19 bits per heavy atom. The van der Waals surface area contributed by atoms with Crippen molar-refractivity contribution in [3.05, 3.63) is 50.4 Å². The van der Waals surface area contributed by atoms with Gasteiger partial charge in [0, 0.05) is 13.7 Å². The quantitative estimate of drug-likeness (QED) is 0.291. The number of carbonyl (C=O) groups excluding carboxylic acids is 2. The van der Waals surface area contributed by atoms with Crippen LogP contribution in [0.5, 0.6) is 17.2 Å². The number of phenols is 1. The smallest absolute Gasteiger partial charge is 0.255 e. The summed E-state index contributed by atoms with van der Waals surface area (Å²) in [4.78, 5) is 22.3. The second-order valence-electron chi connectivity index (χ2n) is 5.65. The van der Waals surface area contributed by atoms with Crippen LogP contribution in [0.2, 0.25) is 0 Å². The van der Waals surface area contributed by atoms with Crippen molar-refractivity contribution in [1.29, 1.82) is 0 Å². The molecule has 0 radical (unpaired) electrons. The number of amides is 1. The Morgan fingerprint density at radius 2 is 1.77 bits per heavy atom. The number of benzene rings is 2. The third-order valence-electron chi connectivity index (χ3n) is 3.51. The summed E-state index contributed by atoms with van der Waals surface area (Å²) >= 11 is 7.00. The molecule has 0 aliphatic rings. The zero-order valence-corrected chi connectivity index (χ0v) is 22.6. The molecular weight excluding hydrogens is 549 g/mol. The van der Waals surface area contributed by atoms with Gasteiger partial charge in [0.15, 0.2) is 5.75 Å². The number of phenolic OH excluding ortho intramolecular Hbond substituents is 1. The number of aromatic hydroxyl groups is 1. The van der Waals surface area contributed by atoms with Gasteiger partial charge < -0.3 is 24.7 Å². The molecule has 1 amide bonds. The molecule has 0 aromatic heterocycles. The molecule has 0 aliphatic heterocycles. The number of aldehydes is 1. The lowest BCUT2D eigenvalue weighted by molar-refractivity contribution is -0.107. The first-order valence-corrected chi connectivity index (χ1v) is 13.0. The summed E-state index contributed by atoms with van der Waals surface area (Å²) in [6.45, 7) is 8.79. The molecule has 0 bridgehead atoms. The highest BCUT2D eigenvalue weighted by atomic mass is 79.9. The number of rotatable bonds is 8. The molecule has 2 N–H and O–H groups in total. The molecule has 0 heterocycles. The Morgan fingerprint density at radius 3 is 2.26 bits per heavy atom. The lowest BCUT2D eigenvalue weighted by atomic mass is 10.1. The first-order chi connectivity index (χ1) is 14.9. The SMILES string of the molecule is CC.CCOC.CPCc1cc(Br)c(Oc2ccc(O)c(C(=O)NCC=O)c2)c(Br)c1. The molecule has 172 valence electrons. The fraction of sp³-hybridized carbons (Fsp3) is 0.364. The van der Waals surface area contributed by atoms with Gasteiger partial charge in [-0.1, -0.05) is 13.8 Å². The Balaban J connectivity index is 0.00000134. The van der Waals surface area contributed by atoms with Crippen molar-refractivity contribution in [1.82, 2.24) is 5.32 Å². The third kappa shape index (κ3) is 10.6. The highest BCUT2D eigenvalue weighted by Crippen LogP contribution is 2.39. The van der Waals surface area contributed by atoms with Gasteiger partial charge in [-0.2, -0.15) is 0 Å². The molecule has 0 saturated carbocycles. The van der Waals surface area contributed by atoms with E-state index in [9.17, 15) is 14.7 Å². The molecule has 6 nitrogen and oxygen atoms in total. The van der Waals surface area contributed by atoms with E-state index >= 15 is 0 Å². The van der Waals surface area contributed by atoms with Crippen molar-refractivity contribution in [2.45, 2.75) is 26.9 Å². The van der Waals surface area contributed by atoms with E-state index in [0.717, 1.165) is 30.3 Å². The number of hydrogen-bond donors (Lipinski definition) is 2. The minimum atomic E-state index is -0.549. The van der Waals surface area contributed by atoms with E-state index in [1.54, 1.807) is 13.2 Å². The fourth-order valence-corrected chi connectivity index (χ4v) is 4.18. The van der Waals surface area contributed by atoms with Crippen molar-refractivity contribution >= 4 is 52.6 Å². The van der Waals surface area contributed by atoms with Gasteiger partial charge in [-0.25, -0.2) is 0 Å². The zero-order chi connectivity index (χ0) is 23.8. The van der Waals surface area contributed by atoms with Crippen molar-refractivity contribution in [2.24, 2.45) is 0 Å². The number of carbonyl (C=O) groups is 2. The van der Waals surface area contributed by atoms with Gasteiger partial charge in [0.2, 0.25) is 0 Å². The largest absolute Gasteiger partial charge is 0.507 e. The molecule has 0 spiro atoms. The normalized spacial score (nSPS) is 9.90. The first-order valence-electron chi connectivity index (χ1n) is 9.72. The van der Waals surface area contributed by atoms with Crippen LogP contribution in [0.3, 0.4) is 0 Å². The first kappa shape index (κ1) is 29.5. The van der Waals surface area contributed by atoms with Crippen LogP contribution in [0, 0.1) is 0 Å². The summed E-state index contributed by atoms with van der Waals surface area (Å²) < 4.78 is 12.0. The number of ether oxygens (including phenoxy) is 2. The summed E-state index contributed by atoms with van der Waals surface area (Å²) in [5, 5.41) is 12.2. The Labute approximate surface area is 203 Å². The van der Waals surface area contributed by atoms with Gasteiger partial charge in [0.25, 0.3) is 5.91 Å². The van der Waals surface area contributed by atoms with Crippen LogP contribution in [0.1, 0.15) is 36.7 Å². The lowest BCUT2D eigenvalue weighted by Gasteiger charge is -2.13. The molecule has 1 atom stereocenters. The highest BCUT2D eigenvalue weighted by molar-refractivity contribution is 9.11. The maximum atomic E-state index is 12.0. The summed E-state index contributed by atoms with van der Waals surface area (Å²) in [5.74, 6) is 0.231. The molecule has 1 unspecified atom stereocenters. The molecule has 31 heavy (non-hydrogen) atoms. The van der Waals surface area contributed by atoms with Crippen molar-refractivity contribution in [3.63, 3.8) is 0 Å². The van der Waals surface area contributed by atoms with Gasteiger partial charge in [-0.05, 0) is 87.5 Å². The Hall–Kier alpha value is -1.47. The number of hydrogen-bond acceptors (Lipinski definition) is 5. The van der Waals surface area contributed by atoms with Crippen LogP contribution >= 0.6 is 40.4 Å². The molecule has 0 aliphatic carbocycles. The molecule has 2 rings (SSSR count). The highest BCUT2D eigenvalue weighted by Gasteiger charge is 2.15. The summed E-state index contributed by atoms with van der Waals surface area (Å²) in [7, 11) is 2.49. The van der Waals surface area contributed by atoms with Crippen LogP contribution in [0.4, 0.5) is 0 Å². The van der Waals surface area contributed by atoms with Gasteiger partial charge in [-0.3, -0.25) is 4.79 Å². The van der Waals surface area contributed by atoms with Crippen molar-refractivity contribution in [2.75, 3.05) is 26.9 Å². The molecular formula is C22H30Br2NO5P. The minimum absolute atomic E-state index is 0.0374. The second-order valence-corrected chi connectivity index (χ2v) is 8.42. The van der Waals surface area contributed by atoms with E-state index in [1.165, 1.54) is 17.7 Å². The van der Waals surface area contributed by atoms with Crippen LogP contribution in [0.25, 0.3) is 0 Å². The van der Waals surface area contributed by atoms with Gasteiger partial charge in [0.1, 0.15) is 17.8 Å².